The van der Waals surface area contributed by atoms with E-state index in [-0.39, 0.29) is 17.7 Å². The minimum atomic E-state index is -5.73. The molecule has 152 valence electrons. The molecule has 28 heavy (non-hydrogen) atoms. The van der Waals surface area contributed by atoms with E-state index < -0.39 is 21.2 Å². The van der Waals surface area contributed by atoms with Gasteiger partial charge in [0.05, 0.1) is 5.69 Å². The van der Waals surface area contributed by atoms with E-state index in [1.807, 2.05) is 11.8 Å². The van der Waals surface area contributed by atoms with Gasteiger partial charge in [-0.3, -0.25) is 0 Å². The van der Waals surface area contributed by atoms with Gasteiger partial charge in [-0.25, -0.2) is 13.4 Å². The number of hydrogen-bond acceptors (Lipinski definition) is 8. The first-order valence-corrected chi connectivity index (χ1v) is 10.5. The van der Waals surface area contributed by atoms with E-state index in [0.717, 1.165) is 30.9 Å². The van der Waals surface area contributed by atoms with Crippen LogP contribution < -0.4 is 4.90 Å². The Morgan fingerprint density at radius 3 is 2.64 bits per heavy atom. The quantitative estimate of drug-likeness (QED) is 0.610. The lowest BCUT2D eigenvalue weighted by molar-refractivity contribution is -0.0425. The highest BCUT2D eigenvalue weighted by atomic mass is 32.2. The highest BCUT2D eigenvalue weighted by molar-refractivity contribution is 7.95. The van der Waals surface area contributed by atoms with Crippen molar-refractivity contribution in [3.63, 3.8) is 0 Å². The van der Waals surface area contributed by atoms with Crippen molar-refractivity contribution in [3.8, 4) is 0 Å². The maximum absolute atomic E-state index is 12.8. The molecule has 0 radical (unpaired) electrons. The van der Waals surface area contributed by atoms with Crippen LogP contribution in [0.3, 0.4) is 0 Å². The zero-order valence-electron chi connectivity index (χ0n) is 14.9. The van der Waals surface area contributed by atoms with Gasteiger partial charge >= 0.3 is 5.51 Å². The van der Waals surface area contributed by atoms with Crippen LogP contribution in [0.25, 0.3) is 4.72 Å². The Bertz CT molecular complexity index is 990. The van der Waals surface area contributed by atoms with Gasteiger partial charge < -0.3 is 9.62 Å². The molecule has 1 fully saturated rings. The van der Waals surface area contributed by atoms with Gasteiger partial charge in [-0.2, -0.15) is 17.5 Å². The summed E-state index contributed by atoms with van der Waals surface area (Å²) in [5.74, 6) is 0.0318. The average molecular weight is 433 g/mol. The molecule has 0 saturated carbocycles. The van der Waals surface area contributed by atoms with E-state index in [2.05, 4.69) is 24.3 Å². The Morgan fingerprint density at radius 1 is 1.32 bits per heavy atom. The van der Waals surface area contributed by atoms with Gasteiger partial charge in [0.25, 0.3) is 5.95 Å². The van der Waals surface area contributed by atoms with E-state index in [4.69, 9.17) is 0 Å². The van der Waals surface area contributed by atoms with Gasteiger partial charge in [0.15, 0.2) is 10.0 Å². The second-order valence-corrected chi connectivity index (χ2v) is 8.73. The number of hydrogen-bond donors (Lipinski definition) is 0. The number of aryl methyl sites for hydroxylation is 1. The van der Waals surface area contributed by atoms with Gasteiger partial charge in [-0.15, -0.1) is 10.2 Å². The summed E-state index contributed by atoms with van der Waals surface area (Å²) in [5, 5.41) is 8.20. The molecule has 1 unspecified atom stereocenters. The number of benzene rings is 1. The normalized spacial score (nSPS) is 18.2. The Balaban J connectivity index is 1.99. The van der Waals surface area contributed by atoms with Crippen LogP contribution in [-0.4, -0.2) is 35.9 Å². The third kappa shape index (κ3) is 4.41. The molecule has 1 aliphatic rings. The van der Waals surface area contributed by atoms with E-state index >= 15 is 0 Å². The van der Waals surface area contributed by atoms with Crippen molar-refractivity contribution in [1.82, 2.24) is 9.36 Å². The number of aromatic nitrogens is 2. The zero-order valence-corrected chi connectivity index (χ0v) is 16.5. The first-order valence-electron chi connectivity index (χ1n) is 8.24. The van der Waals surface area contributed by atoms with Crippen LogP contribution in [0, 0.1) is 6.92 Å². The molecule has 1 saturated heterocycles. The Hall–Kier alpha value is -2.28. The Morgan fingerprint density at radius 2 is 2.07 bits per heavy atom. The average Bonchev–Trinajstić information content (AvgIpc) is 3.20. The van der Waals surface area contributed by atoms with E-state index in [0.29, 0.717) is 10.7 Å². The summed E-state index contributed by atoms with van der Waals surface area (Å²) in [4.78, 5) is 5.95. The van der Waals surface area contributed by atoms with Crippen LogP contribution in [0.15, 0.2) is 28.4 Å². The summed E-state index contributed by atoms with van der Waals surface area (Å²) in [5.41, 5.74) is -5.51. The van der Waals surface area contributed by atoms with Crippen molar-refractivity contribution in [3.05, 3.63) is 27.9 Å². The van der Waals surface area contributed by atoms with Crippen LogP contribution >= 0.6 is 11.5 Å². The summed E-state index contributed by atoms with van der Waals surface area (Å²) in [6, 6.07) is 4.49. The van der Waals surface area contributed by atoms with Crippen molar-refractivity contribution < 1.29 is 21.6 Å². The number of nitrogens with zero attached hydrogens (tertiary/aromatic N) is 6. The van der Waals surface area contributed by atoms with Crippen molar-refractivity contribution in [2.75, 3.05) is 11.4 Å². The Kier molecular flexibility index (Phi) is 5.57. The largest absolute Gasteiger partial charge is 0.568 e. The fourth-order valence-electron chi connectivity index (χ4n) is 2.77. The summed E-state index contributed by atoms with van der Waals surface area (Å²) >= 11 is 1.09. The molecular weight excluding hydrogens is 417 g/mol. The molecule has 13 heteroatoms. The monoisotopic (exact) mass is 433 g/mol. The minimum absolute atomic E-state index is 0.0318. The lowest BCUT2D eigenvalue weighted by Gasteiger charge is -2.29. The molecule has 1 aliphatic heterocycles. The predicted octanol–water partition coefficient (Wildman–Crippen LogP) is 5.11. The highest BCUT2D eigenvalue weighted by Crippen LogP contribution is 2.42. The van der Waals surface area contributed by atoms with Crippen LogP contribution in [0.1, 0.15) is 24.8 Å². The molecule has 0 bridgehead atoms. The number of halogens is 3. The lowest BCUT2D eigenvalue weighted by atomic mass is 10.2. The summed E-state index contributed by atoms with van der Waals surface area (Å²) in [6.07, 6.45) is 1.87. The second-order valence-electron chi connectivity index (χ2n) is 6.18. The van der Waals surface area contributed by atoms with Gasteiger partial charge in [0, 0.05) is 18.3 Å². The molecule has 2 heterocycles. The van der Waals surface area contributed by atoms with Crippen LogP contribution in [0.5, 0.6) is 0 Å². The lowest BCUT2D eigenvalue weighted by Crippen LogP contribution is -2.26. The first-order chi connectivity index (χ1) is 13.1. The number of alkyl halides is 3. The fraction of sp³-hybridized carbons (Fsp3) is 0.467. The standard InChI is InChI=1S/C15H16F3N6O2S2/c1-9-4-3-7-24(9)11-5-6-12(20-21-14-19-10(2)27-22-14)13(8-11)23-28(25,26)15(16,17)18/h5-6,8-9H,3-4,7H2,1-2H3/q-1. The smallest absolute Gasteiger partial charge is 0.483 e. The molecule has 3 rings (SSSR count). The molecule has 0 N–H and O–H groups in total. The topological polar surface area (TPSA) is 102 Å². The molecule has 1 aromatic heterocycles. The summed E-state index contributed by atoms with van der Waals surface area (Å²) in [7, 11) is -5.73. The molecular formula is C15H16F3N6O2S2-. The Labute approximate surface area is 163 Å². The molecule has 1 atom stereocenters. The number of azo groups is 1. The predicted molar refractivity (Wildman–Crippen MR) is 99.3 cm³/mol. The van der Waals surface area contributed by atoms with Crippen molar-refractivity contribution in [2.24, 2.45) is 10.2 Å². The van der Waals surface area contributed by atoms with Crippen LogP contribution in [-0.2, 0) is 10.0 Å². The van der Waals surface area contributed by atoms with E-state index in [9.17, 15) is 21.6 Å². The number of anilines is 1. The molecule has 0 spiro atoms. The van der Waals surface area contributed by atoms with Crippen molar-refractivity contribution in [2.45, 2.75) is 38.2 Å². The fourth-order valence-corrected chi connectivity index (χ4v) is 3.70. The highest BCUT2D eigenvalue weighted by Gasteiger charge is 2.39. The SMILES string of the molecule is Cc1nc(N=Nc2ccc(N3CCCC3C)cc2[N-]S(=O)(=O)C(F)(F)F)ns1. The van der Waals surface area contributed by atoms with Gasteiger partial charge in [0.2, 0.25) is 0 Å². The van der Waals surface area contributed by atoms with Crippen LogP contribution in [0.2, 0.25) is 0 Å². The molecule has 0 aliphatic carbocycles. The molecule has 2 aromatic rings. The minimum Gasteiger partial charge on any atom is -0.568 e. The molecule has 0 amide bonds. The van der Waals surface area contributed by atoms with E-state index in [1.165, 1.54) is 12.1 Å². The maximum atomic E-state index is 12.8. The first kappa shape index (κ1) is 20.5. The summed E-state index contributed by atoms with van der Waals surface area (Å²) in [6.45, 7) is 4.41. The van der Waals surface area contributed by atoms with Gasteiger partial charge in [0.1, 0.15) is 5.01 Å². The molecule has 1 aromatic carbocycles. The third-order valence-corrected chi connectivity index (χ3v) is 5.75. The van der Waals surface area contributed by atoms with Crippen molar-refractivity contribution in [1.29, 1.82) is 0 Å². The third-order valence-electron chi connectivity index (χ3n) is 4.12. The van der Waals surface area contributed by atoms with E-state index in [1.54, 1.807) is 13.0 Å². The van der Waals surface area contributed by atoms with Crippen molar-refractivity contribution >= 4 is 44.6 Å². The van der Waals surface area contributed by atoms with Crippen LogP contribution in [0.4, 0.5) is 36.2 Å². The van der Waals surface area contributed by atoms with Gasteiger partial charge in [-0.1, -0.05) is 11.8 Å². The number of sulfonamides is 1. The zero-order chi connectivity index (χ0) is 20.5. The summed E-state index contributed by atoms with van der Waals surface area (Å²) < 4.78 is 68.4. The maximum Gasteiger partial charge on any atom is 0.483 e. The second kappa shape index (κ2) is 7.62. The van der Waals surface area contributed by atoms with Gasteiger partial charge in [-0.05, 0) is 50.4 Å². The number of rotatable bonds is 5. The molecule has 8 nitrogen and oxygen atoms in total.